The highest BCUT2D eigenvalue weighted by atomic mass is 79.9. The second-order valence-electron chi connectivity index (χ2n) is 8.93. The van der Waals surface area contributed by atoms with Crippen LogP contribution in [0.3, 0.4) is 0 Å². The fourth-order valence-electron chi connectivity index (χ4n) is 3.29. The molecule has 1 aliphatic rings. The number of Topliss-reactive ketones (excluding diaryl/α,β-unsaturated/α-hetero) is 2. The third-order valence-corrected chi connectivity index (χ3v) is 6.45. The van der Waals surface area contributed by atoms with Gasteiger partial charge in [0.05, 0.1) is 9.36 Å². The first-order chi connectivity index (χ1) is 12.3. The lowest BCUT2D eigenvalue weighted by Gasteiger charge is -2.29. The number of thiophene rings is 1. The molecule has 0 aliphatic heterocycles. The molecule has 1 N–H and O–H groups in total. The Hall–Kier alpha value is -1.72. The number of phenols is 1. The molecule has 3 nitrogen and oxygen atoms in total. The van der Waals surface area contributed by atoms with Crippen LogP contribution in [0.4, 0.5) is 0 Å². The number of hydrogen-bond acceptors (Lipinski definition) is 4. The average molecular weight is 447 g/mol. The minimum absolute atomic E-state index is 0.164. The van der Waals surface area contributed by atoms with E-state index < -0.39 is 0 Å². The first-order valence-corrected chi connectivity index (χ1v) is 10.5. The van der Waals surface area contributed by atoms with E-state index in [-0.39, 0.29) is 32.6 Å². The highest BCUT2D eigenvalue weighted by molar-refractivity contribution is 9.12. The maximum absolute atomic E-state index is 13.1. The number of hydrogen-bond donors (Lipinski definition) is 1. The monoisotopic (exact) mass is 446 g/mol. The Bertz CT molecular complexity index is 962. The van der Waals surface area contributed by atoms with E-state index >= 15 is 0 Å². The predicted octanol–water partition coefficient (Wildman–Crippen LogP) is 6.23. The molecule has 2 aromatic rings. The largest absolute Gasteiger partial charge is 0.507 e. The fraction of sp³-hybridized carbons (Fsp3) is 0.364. The second kappa shape index (κ2) is 6.42. The van der Waals surface area contributed by atoms with Gasteiger partial charge in [-0.15, -0.1) is 11.3 Å². The van der Waals surface area contributed by atoms with Crippen LogP contribution in [-0.4, -0.2) is 16.7 Å². The van der Waals surface area contributed by atoms with Gasteiger partial charge in [0.1, 0.15) is 5.75 Å². The van der Waals surface area contributed by atoms with E-state index in [2.05, 4.69) is 15.9 Å². The van der Waals surface area contributed by atoms with Crippen LogP contribution in [0.2, 0.25) is 0 Å². The van der Waals surface area contributed by atoms with Crippen LogP contribution < -0.4 is 0 Å². The van der Waals surface area contributed by atoms with E-state index in [0.717, 1.165) is 11.1 Å². The molecule has 3 rings (SSSR count). The molecule has 0 bridgehead atoms. The molecular weight excluding hydrogens is 424 g/mol. The fourth-order valence-corrected chi connectivity index (χ4v) is 4.87. The molecule has 0 spiro atoms. The van der Waals surface area contributed by atoms with Gasteiger partial charge >= 0.3 is 0 Å². The summed E-state index contributed by atoms with van der Waals surface area (Å²) < 4.78 is 0.285. The van der Waals surface area contributed by atoms with Crippen molar-refractivity contribution in [3.05, 3.63) is 55.2 Å². The lowest BCUT2D eigenvalue weighted by molar-refractivity contribution is 0.100. The minimum atomic E-state index is -0.317. The molecule has 0 radical (unpaired) electrons. The van der Waals surface area contributed by atoms with Crippen molar-refractivity contribution in [2.75, 3.05) is 0 Å². The van der Waals surface area contributed by atoms with Gasteiger partial charge in [-0.2, -0.15) is 0 Å². The number of carbonyl (C=O) groups excluding carboxylic acids is 2. The summed E-state index contributed by atoms with van der Waals surface area (Å²) in [6, 6.07) is 5.38. The van der Waals surface area contributed by atoms with Gasteiger partial charge in [0.15, 0.2) is 5.78 Å². The number of phenolic OH excluding ortho intramolecular Hbond substituents is 1. The van der Waals surface area contributed by atoms with Crippen molar-refractivity contribution < 1.29 is 14.7 Å². The van der Waals surface area contributed by atoms with E-state index in [1.807, 2.05) is 53.7 Å². The number of benzene rings is 1. The number of aromatic hydroxyl groups is 1. The van der Waals surface area contributed by atoms with Gasteiger partial charge in [0.2, 0.25) is 5.78 Å². The summed E-state index contributed by atoms with van der Waals surface area (Å²) in [6.07, 6.45) is 0. The lowest BCUT2D eigenvalue weighted by atomic mass is 9.77. The van der Waals surface area contributed by atoms with Gasteiger partial charge in [-0.3, -0.25) is 9.59 Å². The van der Waals surface area contributed by atoms with E-state index in [4.69, 9.17) is 0 Å². The highest BCUT2D eigenvalue weighted by Crippen LogP contribution is 2.44. The zero-order valence-electron chi connectivity index (χ0n) is 16.4. The standard InChI is InChI=1S/C22H23BrO3S/c1-21(2,3)13-9-11(10-14(18(13)25)22(4,5)6)15-16(23)19(26)20-12(17(15)24)7-8-27-20/h7-10,25H,1-6H3. The summed E-state index contributed by atoms with van der Waals surface area (Å²) >= 11 is 4.65. The third-order valence-electron chi connectivity index (χ3n) is 4.78. The quantitative estimate of drug-likeness (QED) is 0.564. The number of halogens is 1. The van der Waals surface area contributed by atoms with Crippen molar-refractivity contribution in [1.82, 2.24) is 0 Å². The van der Waals surface area contributed by atoms with E-state index in [1.54, 1.807) is 11.4 Å². The maximum Gasteiger partial charge on any atom is 0.211 e. The normalized spacial score (nSPS) is 15.4. The molecule has 1 aromatic carbocycles. The number of rotatable bonds is 1. The van der Waals surface area contributed by atoms with Crippen LogP contribution in [-0.2, 0) is 10.8 Å². The van der Waals surface area contributed by atoms with Crippen LogP contribution in [0.15, 0.2) is 28.1 Å². The Kier molecular flexibility index (Phi) is 4.76. The first-order valence-electron chi connectivity index (χ1n) is 8.79. The molecule has 0 atom stereocenters. The van der Waals surface area contributed by atoms with Crippen molar-refractivity contribution in [2.45, 2.75) is 52.4 Å². The number of ketones is 2. The zero-order valence-corrected chi connectivity index (χ0v) is 18.8. The van der Waals surface area contributed by atoms with Crippen LogP contribution in [0, 0.1) is 0 Å². The van der Waals surface area contributed by atoms with Gasteiger partial charge in [0, 0.05) is 22.3 Å². The third kappa shape index (κ3) is 3.32. The number of carbonyl (C=O) groups is 2. The van der Waals surface area contributed by atoms with Crippen molar-refractivity contribution in [3.8, 4) is 5.75 Å². The first kappa shape index (κ1) is 20.0. The summed E-state index contributed by atoms with van der Waals surface area (Å²) in [6.45, 7) is 12.1. The van der Waals surface area contributed by atoms with E-state index in [1.165, 1.54) is 11.3 Å². The molecule has 0 saturated carbocycles. The van der Waals surface area contributed by atoms with Gasteiger partial charge in [-0.05, 0) is 55.9 Å². The van der Waals surface area contributed by atoms with Crippen LogP contribution >= 0.6 is 27.3 Å². The molecule has 0 amide bonds. The highest BCUT2D eigenvalue weighted by Gasteiger charge is 2.35. The lowest BCUT2D eigenvalue weighted by Crippen LogP contribution is -2.20. The molecule has 0 fully saturated rings. The van der Waals surface area contributed by atoms with Crippen LogP contribution in [0.1, 0.15) is 78.3 Å². The second-order valence-corrected chi connectivity index (χ2v) is 10.6. The van der Waals surface area contributed by atoms with Gasteiger partial charge in [-0.1, -0.05) is 41.5 Å². The molecule has 0 unspecified atom stereocenters. The Morgan fingerprint density at radius 2 is 1.44 bits per heavy atom. The maximum atomic E-state index is 13.1. The van der Waals surface area contributed by atoms with Crippen molar-refractivity contribution in [3.63, 3.8) is 0 Å². The summed E-state index contributed by atoms with van der Waals surface area (Å²) in [5, 5.41) is 12.7. The average Bonchev–Trinajstić information content (AvgIpc) is 3.02. The Morgan fingerprint density at radius 3 is 1.93 bits per heavy atom. The van der Waals surface area contributed by atoms with Crippen LogP contribution in [0.25, 0.3) is 5.57 Å². The molecule has 27 heavy (non-hydrogen) atoms. The number of fused-ring (bicyclic) bond motifs is 1. The van der Waals surface area contributed by atoms with Gasteiger partial charge < -0.3 is 5.11 Å². The van der Waals surface area contributed by atoms with Crippen molar-refractivity contribution in [1.29, 1.82) is 0 Å². The van der Waals surface area contributed by atoms with Gasteiger partial charge in [-0.25, -0.2) is 0 Å². The van der Waals surface area contributed by atoms with E-state index in [0.29, 0.717) is 21.6 Å². The van der Waals surface area contributed by atoms with Crippen LogP contribution in [0.5, 0.6) is 5.75 Å². The number of allylic oxidation sites excluding steroid dienone is 2. The molecular formula is C22H23BrO3S. The summed E-state index contributed by atoms with van der Waals surface area (Å²) in [5.74, 6) is -0.0818. The van der Waals surface area contributed by atoms with Crippen molar-refractivity contribution >= 4 is 44.4 Å². The molecule has 5 heteroatoms. The van der Waals surface area contributed by atoms with Gasteiger partial charge in [0.25, 0.3) is 0 Å². The topological polar surface area (TPSA) is 54.4 Å². The Labute approximate surface area is 172 Å². The molecule has 1 heterocycles. The predicted molar refractivity (Wildman–Crippen MR) is 114 cm³/mol. The molecule has 1 aliphatic carbocycles. The zero-order chi connectivity index (χ0) is 20.3. The smallest absolute Gasteiger partial charge is 0.211 e. The molecule has 142 valence electrons. The molecule has 0 saturated heterocycles. The summed E-state index contributed by atoms with van der Waals surface area (Å²) in [4.78, 5) is 26.4. The Balaban J connectivity index is 2.33. The summed E-state index contributed by atoms with van der Waals surface area (Å²) in [7, 11) is 0. The summed E-state index contributed by atoms with van der Waals surface area (Å²) in [5.41, 5.74) is 2.35. The van der Waals surface area contributed by atoms with Crippen molar-refractivity contribution in [2.24, 2.45) is 0 Å². The SMILES string of the molecule is CC(C)(C)c1cc(C2=C(Br)C(=O)c3sccc3C2=O)cc(C(C)(C)C)c1O. The molecule has 1 aromatic heterocycles. The minimum Gasteiger partial charge on any atom is -0.507 e. The van der Waals surface area contributed by atoms with E-state index in [9.17, 15) is 14.7 Å². The Morgan fingerprint density at radius 1 is 0.926 bits per heavy atom.